The van der Waals surface area contributed by atoms with Crippen molar-refractivity contribution >= 4 is 16.7 Å². The second-order valence-electron chi connectivity index (χ2n) is 4.12. The molecule has 0 atom stereocenters. The quantitative estimate of drug-likeness (QED) is 0.653. The fraction of sp³-hybridized carbons (Fsp3) is 0.167. The van der Waals surface area contributed by atoms with Gasteiger partial charge in [-0.1, -0.05) is 0 Å². The van der Waals surface area contributed by atoms with Crippen molar-refractivity contribution in [2.45, 2.75) is 6.61 Å². The summed E-state index contributed by atoms with van der Waals surface area (Å²) in [7, 11) is 1.85. The fourth-order valence-corrected chi connectivity index (χ4v) is 2.03. The highest BCUT2D eigenvalue weighted by Crippen LogP contribution is 2.22. The van der Waals surface area contributed by atoms with Gasteiger partial charge in [-0.2, -0.15) is 5.10 Å². The van der Waals surface area contributed by atoms with E-state index < -0.39 is 0 Å². The molecule has 0 radical (unpaired) electrons. The predicted octanol–water partition coefficient (Wildman–Crippen LogP) is 0.834. The Kier molecular flexibility index (Phi) is 2.31. The third kappa shape index (κ3) is 1.54. The van der Waals surface area contributed by atoms with Crippen LogP contribution < -0.4 is 5.73 Å². The summed E-state index contributed by atoms with van der Waals surface area (Å²) in [6, 6.07) is 7.35. The van der Waals surface area contributed by atoms with Crippen LogP contribution in [0.4, 0.5) is 5.69 Å². The number of rotatable bonds is 2. The summed E-state index contributed by atoms with van der Waals surface area (Å²) in [6.45, 7) is -0.148. The molecular weight excluding hydrogens is 230 g/mol. The first-order valence-corrected chi connectivity index (χ1v) is 5.57. The fourth-order valence-electron chi connectivity index (χ4n) is 2.03. The maximum absolute atomic E-state index is 9.41. The maximum atomic E-state index is 9.41. The largest absolute Gasteiger partial charge is 0.399 e. The van der Waals surface area contributed by atoms with Gasteiger partial charge in [0.2, 0.25) is 0 Å². The number of hydrogen-bond acceptors (Lipinski definition) is 4. The number of hydrogen-bond donors (Lipinski definition) is 2. The third-order valence-corrected chi connectivity index (χ3v) is 2.82. The van der Waals surface area contributed by atoms with Gasteiger partial charge in [-0.25, -0.2) is 4.98 Å². The average Bonchev–Trinajstić information content (AvgIpc) is 2.91. The normalized spacial score (nSPS) is 11.2. The van der Waals surface area contributed by atoms with E-state index >= 15 is 0 Å². The van der Waals surface area contributed by atoms with Crippen LogP contribution in [0, 0.1) is 0 Å². The summed E-state index contributed by atoms with van der Waals surface area (Å²) in [5, 5.41) is 13.7. The lowest BCUT2D eigenvalue weighted by Gasteiger charge is -2.03. The van der Waals surface area contributed by atoms with Crippen LogP contribution in [0.25, 0.3) is 16.9 Å². The SMILES string of the molecule is Cn1ccc(-n2c(CO)nc3cc(N)ccc32)n1. The summed E-state index contributed by atoms with van der Waals surface area (Å²) in [5.74, 6) is 1.28. The molecule has 92 valence electrons. The van der Waals surface area contributed by atoms with Crippen LogP contribution in [0.5, 0.6) is 0 Å². The molecule has 0 aliphatic rings. The molecule has 0 fully saturated rings. The Hall–Kier alpha value is -2.34. The Balaban J connectivity index is 2.32. The summed E-state index contributed by atoms with van der Waals surface area (Å²) in [4.78, 5) is 4.36. The Morgan fingerprint density at radius 2 is 2.17 bits per heavy atom. The number of aromatic nitrogens is 4. The van der Waals surface area contributed by atoms with Crippen molar-refractivity contribution in [2.75, 3.05) is 5.73 Å². The number of aliphatic hydroxyl groups is 1. The summed E-state index contributed by atoms with van der Waals surface area (Å²) in [6.07, 6.45) is 1.85. The van der Waals surface area contributed by atoms with Crippen LogP contribution in [0.3, 0.4) is 0 Å². The van der Waals surface area contributed by atoms with E-state index in [0.29, 0.717) is 11.5 Å². The van der Waals surface area contributed by atoms with Crippen LogP contribution in [0.15, 0.2) is 30.5 Å². The zero-order chi connectivity index (χ0) is 12.7. The summed E-state index contributed by atoms with van der Waals surface area (Å²) in [5.41, 5.74) is 8.02. The second-order valence-corrected chi connectivity index (χ2v) is 4.12. The number of nitrogens with zero attached hydrogens (tertiary/aromatic N) is 4. The van der Waals surface area contributed by atoms with Crippen molar-refractivity contribution in [1.29, 1.82) is 0 Å². The monoisotopic (exact) mass is 243 g/mol. The molecule has 2 aromatic heterocycles. The molecule has 0 aliphatic carbocycles. The van der Waals surface area contributed by atoms with Crippen molar-refractivity contribution in [2.24, 2.45) is 7.05 Å². The van der Waals surface area contributed by atoms with E-state index in [0.717, 1.165) is 16.9 Å². The smallest absolute Gasteiger partial charge is 0.160 e. The first-order chi connectivity index (χ1) is 8.69. The summed E-state index contributed by atoms with van der Waals surface area (Å²) >= 11 is 0. The molecule has 0 saturated carbocycles. The Labute approximate surface area is 103 Å². The van der Waals surface area contributed by atoms with Crippen LogP contribution in [-0.2, 0) is 13.7 Å². The molecule has 0 bridgehead atoms. The number of aliphatic hydroxyl groups excluding tert-OH is 1. The highest BCUT2D eigenvalue weighted by molar-refractivity contribution is 5.81. The number of aryl methyl sites for hydroxylation is 1. The molecule has 3 aromatic rings. The van der Waals surface area contributed by atoms with Crippen molar-refractivity contribution in [1.82, 2.24) is 19.3 Å². The Morgan fingerprint density at radius 3 is 2.83 bits per heavy atom. The van der Waals surface area contributed by atoms with Gasteiger partial charge in [0.1, 0.15) is 12.4 Å². The van der Waals surface area contributed by atoms with Gasteiger partial charge < -0.3 is 10.8 Å². The maximum Gasteiger partial charge on any atom is 0.160 e. The molecule has 18 heavy (non-hydrogen) atoms. The molecule has 0 amide bonds. The number of benzene rings is 1. The van der Waals surface area contributed by atoms with Gasteiger partial charge in [-0.3, -0.25) is 9.25 Å². The predicted molar refractivity (Wildman–Crippen MR) is 68.2 cm³/mol. The van der Waals surface area contributed by atoms with Crippen LogP contribution >= 0.6 is 0 Å². The van der Waals surface area contributed by atoms with Crippen molar-refractivity contribution in [3.8, 4) is 5.82 Å². The lowest BCUT2D eigenvalue weighted by Crippen LogP contribution is -2.02. The van der Waals surface area contributed by atoms with Gasteiger partial charge in [0.25, 0.3) is 0 Å². The van der Waals surface area contributed by atoms with E-state index in [1.807, 2.05) is 36.0 Å². The van der Waals surface area contributed by atoms with E-state index in [4.69, 9.17) is 5.73 Å². The molecule has 0 aliphatic heterocycles. The van der Waals surface area contributed by atoms with Gasteiger partial charge >= 0.3 is 0 Å². The minimum atomic E-state index is -0.148. The van der Waals surface area contributed by atoms with Crippen LogP contribution in [-0.4, -0.2) is 24.4 Å². The third-order valence-electron chi connectivity index (χ3n) is 2.82. The second kappa shape index (κ2) is 3.85. The van der Waals surface area contributed by atoms with Gasteiger partial charge in [0, 0.05) is 25.0 Å². The van der Waals surface area contributed by atoms with Gasteiger partial charge in [-0.15, -0.1) is 0 Å². The molecule has 0 saturated heterocycles. The topological polar surface area (TPSA) is 81.9 Å². The highest BCUT2D eigenvalue weighted by atomic mass is 16.3. The van der Waals surface area contributed by atoms with Crippen molar-refractivity contribution in [3.63, 3.8) is 0 Å². The molecule has 3 rings (SSSR count). The van der Waals surface area contributed by atoms with E-state index in [1.54, 1.807) is 10.7 Å². The molecule has 6 nitrogen and oxygen atoms in total. The van der Waals surface area contributed by atoms with E-state index in [-0.39, 0.29) is 6.61 Å². The summed E-state index contributed by atoms with van der Waals surface area (Å²) < 4.78 is 3.54. The lowest BCUT2D eigenvalue weighted by molar-refractivity contribution is 0.270. The first kappa shape index (κ1) is 10.8. The average molecular weight is 243 g/mol. The van der Waals surface area contributed by atoms with E-state index in [2.05, 4.69) is 10.1 Å². The lowest BCUT2D eigenvalue weighted by atomic mass is 10.3. The highest BCUT2D eigenvalue weighted by Gasteiger charge is 2.13. The van der Waals surface area contributed by atoms with Gasteiger partial charge in [-0.05, 0) is 18.2 Å². The standard InChI is InChI=1S/C12H13N5O/c1-16-5-4-11(15-16)17-10-3-2-8(13)6-9(10)14-12(17)7-18/h2-6,18H,7,13H2,1H3. The van der Waals surface area contributed by atoms with Crippen LogP contribution in [0.2, 0.25) is 0 Å². The minimum Gasteiger partial charge on any atom is -0.399 e. The molecule has 6 heteroatoms. The Bertz CT molecular complexity index is 712. The van der Waals surface area contributed by atoms with Crippen molar-refractivity contribution < 1.29 is 5.11 Å². The number of nitrogen functional groups attached to an aromatic ring is 1. The minimum absolute atomic E-state index is 0.148. The number of imidazole rings is 1. The number of nitrogens with two attached hydrogens (primary N) is 1. The molecule has 3 N–H and O–H groups in total. The Morgan fingerprint density at radius 1 is 1.33 bits per heavy atom. The number of fused-ring (bicyclic) bond motifs is 1. The van der Waals surface area contributed by atoms with Crippen molar-refractivity contribution in [3.05, 3.63) is 36.3 Å². The molecule has 1 aromatic carbocycles. The number of anilines is 1. The zero-order valence-electron chi connectivity index (χ0n) is 9.91. The molecule has 0 unspecified atom stereocenters. The molecular formula is C12H13N5O. The molecule has 0 spiro atoms. The zero-order valence-corrected chi connectivity index (χ0v) is 9.91. The molecule has 2 heterocycles. The van der Waals surface area contributed by atoms with E-state index in [9.17, 15) is 5.11 Å². The van der Waals surface area contributed by atoms with Gasteiger partial charge in [0.15, 0.2) is 5.82 Å². The van der Waals surface area contributed by atoms with Crippen LogP contribution in [0.1, 0.15) is 5.82 Å². The van der Waals surface area contributed by atoms with E-state index in [1.165, 1.54) is 0 Å². The first-order valence-electron chi connectivity index (χ1n) is 5.57. The van der Waals surface area contributed by atoms with Gasteiger partial charge in [0.05, 0.1) is 11.0 Å².